The van der Waals surface area contributed by atoms with Crippen molar-refractivity contribution in [3.8, 4) is 33.3 Å². The number of aromatic nitrogens is 7. The number of fused-ring (bicyclic) bond motifs is 2. The Bertz CT molecular complexity index is 1850. The van der Waals surface area contributed by atoms with Crippen LogP contribution in [-0.2, 0) is 4.79 Å². The summed E-state index contributed by atoms with van der Waals surface area (Å²) in [5.41, 5.74) is 5.54. The predicted octanol–water partition coefficient (Wildman–Crippen LogP) is 6.73. The monoisotopic (exact) mass is 552 g/mol. The fourth-order valence-corrected chi connectivity index (χ4v) is 6.17. The Balaban J connectivity index is 1.19. The van der Waals surface area contributed by atoms with Crippen LogP contribution in [0.3, 0.4) is 0 Å². The molecule has 1 amide bonds. The van der Waals surface area contributed by atoms with Crippen LogP contribution in [0.15, 0.2) is 55.1 Å². The quantitative estimate of drug-likeness (QED) is 0.210. The molecule has 1 saturated carbocycles. The minimum absolute atomic E-state index is 0.0235. The van der Waals surface area contributed by atoms with Crippen molar-refractivity contribution >= 4 is 44.9 Å². The molecular weight excluding hydrogens is 527 g/mol. The first-order chi connectivity index (χ1) is 19.6. The summed E-state index contributed by atoms with van der Waals surface area (Å²) in [4.78, 5) is 34.9. The zero-order chi connectivity index (χ0) is 27.1. The van der Waals surface area contributed by atoms with Crippen LogP contribution in [0, 0.1) is 11.0 Å². The van der Waals surface area contributed by atoms with Gasteiger partial charge in [-0.15, -0.1) is 11.3 Å². The fraction of sp³-hybridized carbons (Fsp3) is 0.241. The summed E-state index contributed by atoms with van der Waals surface area (Å²) in [6.45, 7) is 0. The molecule has 200 valence electrons. The number of aromatic amines is 2. The maximum absolute atomic E-state index is 13.7. The van der Waals surface area contributed by atoms with Crippen LogP contribution < -0.4 is 5.32 Å². The molecule has 1 aliphatic carbocycles. The van der Waals surface area contributed by atoms with E-state index in [9.17, 15) is 9.18 Å². The first kappa shape index (κ1) is 24.5. The number of rotatable bonds is 6. The van der Waals surface area contributed by atoms with E-state index in [4.69, 9.17) is 4.98 Å². The van der Waals surface area contributed by atoms with Gasteiger partial charge in [0, 0.05) is 29.8 Å². The van der Waals surface area contributed by atoms with Crippen molar-refractivity contribution in [2.45, 2.75) is 38.5 Å². The average Bonchev–Trinajstić information content (AvgIpc) is 3.71. The van der Waals surface area contributed by atoms with Gasteiger partial charge in [-0.2, -0.15) is 9.49 Å². The van der Waals surface area contributed by atoms with Gasteiger partial charge in [-0.05, 0) is 49.1 Å². The van der Waals surface area contributed by atoms with E-state index in [2.05, 4.69) is 35.5 Å². The standard InChI is InChI=1S/C29H25FN8OS/c30-24-7-6-23(40-24)28-27-20(8-9-32-28)35-29(36-27)26-19-12-21(33-15-22(19)37-38-26)17-11-18(14-31-13-17)34-25(39)10-16-4-2-1-3-5-16/h6-9,11-16H,1-5,10H2,(H,34,39)(H,35,36)(H,37,38). The molecule has 0 bridgehead atoms. The first-order valence-electron chi connectivity index (χ1n) is 13.3. The van der Waals surface area contributed by atoms with Crippen molar-refractivity contribution in [1.82, 2.24) is 35.1 Å². The Morgan fingerprint density at radius 1 is 1.02 bits per heavy atom. The molecule has 0 aliphatic heterocycles. The molecular formula is C29H25FN8OS. The van der Waals surface area contributed by atoms with Gasteiger partial charge >= 0.3 is 0 Å². The lowest BCUT2D eigenvalue weighted by Gasteiger charge is -2.20. The Morgan fingerprint density at radius 2 is 1.93 bits per heavy atom. The van der Waals surface area contributed by atoms with Crippen LogP contribution in [0.4, 0.5) is 10.1 Å². The SMILES string of the molecule is O=C(CC1CCCCC1)Nc1cncc(-c2cc3c(-c4nc5c(-c6ccc(F)s6)nccc5[nH]4)n[nH]c3cn2)c1. The third-order valence-corrected chi connectivity index (χ3v) is 8.28. The van der Waals surface area contributed by atoms with E-state index in [1.165, 1.54) is 25.3 Å². The number of carbonyl (C=O) groups excluding carboxylic acids is 1. The molecule has 40 heavy (non-hydrogen) atoms. The second kappa shape index (κ2) is 10.2. The Morgan fingerprint density at radius 3 is 2.77 bits per heavy atom. The van der Waals surface area contributed by atoms with E-state index >= 15 is 0 Å². The zero-order valence-electron chi connectivity index (χ0n) is 21.4. The molecule has 3 N–H and O–H groups in total. The van der Waals surface area contributed by atoms with Crippen molar-refractivity contribution in [3.05, 3.63) is 60.3 Å². The number of carbonyl (C=O) groups is 1. The smallest absolute Gasteiger partial charge is 0.224 e. The number of hydrogen-bond donors (Lipinski definition) is 3. The number of thiophene rings is 1. The molecule has 11 heteroatoms. The van der Waals surface area contributed by atoms with Gasteiger partial charge in [0.15, 0.2) is 11.0 Å². The van der Waals surface area contributed by atoms with E-state index in [-0.39, 0.29) is 11.0 Å². The molecule has 6 aromatic rings. The summed E-state index contributed by atoms with van der Waals surface area (Å²) in [5, 5.41) is 11.1. The van der Waals surface area contributed by atoms with Crippen LogP contribution in [0.25, 0.3) is 55.3 Å². The van der Waals surface area contributed by atoms with Gasteiger partial charge < -0.3 is 10.3 Å². The molecule has 0 aromatic carbocycles. The van der Waals surface area contributed by atoms with E-state index in [1.54, 1.807) is 30.9 Å². The molecule has 1 aliphatic rings. The van der Waals surface area contributed by atoms with Crippen molar-refractivity contribution in [2.24, 2.45) is 5.92 Å². The Kier molecular flexibility index (Phi) is 6.27. The largest absolute Gasteiger partial charge is 0.336 e. The normalized spacial score (nSPS) is 14.2. The van der Waals surface area contributed by atoms with Gasteiger partial charge in [0.25, 0.3) is 0 Å². The highest BCUT2D eigenvalue weighted by Gasteiger charge is 2.19. The van der Waals surface area contributed by atoms with Gasteiger partial charge in [-0.25, -0.2) is 4.98 Å². The number of nitrogens with zero attached hydrogens (tertiary/aromatic N) is 5. The van der Waals surface area contributed by atoms with Crippen LogP contribution in [0.1, 0.15) is 38.5 Å². The molecule has 6 aromatic heterocycles. The number of nitrogens with one attached hydrogen (secondary N) is 3. The molecule has 7 rings (SSSR count). The predicted molar refractivity (Wildman–Crippen MR) is 153 cm³/mol. The van der Waals surface area contributed by atoms with E-state index < -0.39 is 0 Å². The van der Waals surface area contributed by atoms with Gasteiger partial charge in [-0.1, -0.05) is 19.3 Å². The number of hydrogen-bond acceptors (Lipinski definition) is 7. The van der Waals surface area contributed by atoms with Crippen molar-refractivity contribution in [3.63, 3.8) is 0 Å². The number of anilines is 1. The van der Waals surface area contributed by atoms with E-state index in [0.29, 0.717) is 51.3 Å². The van der Waals surface area contributed by atoms with Gasteiger partial charge in [-0.3, -0.25) is 24.8 Å². The summed E-state index contributed by atoms with van der Waals surface area (Å²) in [5.74, 6) is 1.05. The number of halogens is 1. The van der Waals surface area contributed by atoms with Crippen molar-refractivity contribution < 1.29 is 9.18 Å². The molecule has 9 nitrogen and oxygen atoms in total. The maximum Gasteiger partial charge on any atom is 0.224 e. The van der Waals surface area contributed by atoms with Crippen LogP contribution in [0.2, 0.25) is 0 Å². The van der Waals surface area contributed by atoms with E-state index in [0.717, 1.165) is 46.2 Å². The molecule has 0 spiro atoms. The maximum atomic E-state index is 13.7. The molecule has 6 heterocycles. The summed E-state index contributed by atoms with van der Waals surface area (Å²) < 4.78 is 13.7. The highest BCUT2D eigenvalue weighted by Crippen LogP contribution is 2.34. The Hall–Kier alpha value is -4.51. The number of H-pyrrole nitrogens is 2. The summed E-state index contributed by atoms with van der Waals surface area (Å²) >= 11 is 1.03. The van der Waals surface area contributed by atoms with Crippen LogP contribution in [-0.4, -0.2) is 41.0 Å². The Labute approximate surface area is 232 Å². The molecule has 0 unspecified atom stereocenters. The van der Waals surface area contributed by atoms with Crippen molar-refractivity contribution in [2.75, 3.05) is 5.32 Å². The first-order valence-corrected chi connectivity index (χ1v) is 14.1. The number of amides is 1. The third kappa shape index (κ3) is 4.73. The van der Waals surface area contributed by atoms with Crippen LogP contribution in [0.5, 0.6) is 0 Å². The number of imidazole rings is 1. The summed E-state index contributed by atoms with van der Waals surface area (Å²) in [7, 11) is 0. The summed E-state index contributed by atoms with van der Waals surface area (Å²) in [6, 6.07) is 8.79. The lowest BCUT2D eigenvalue weighted by molar-refractivity contribution is -0.117. The third-order valence-electron chi connectivity index (χ3n) is 7.40. The molecule has 0 saturated heterocycles. The minimum atomic E-state index is -0.273. The van der Waals surface area contributed by atoms with Gasteiger partial charge in [0.05, 0.1) is 39.7 Å². The lowest BCUT2D eigenvalue weighted by Crippen LogP contribution is -2.18. The molecule has 1 fully saturated rings. The topological polar surface area (TPSA) is 125 Å². The summed E-state index contributed by atoms with van der Waals surface area (Å²) in [6.07, 6.45) is 13.3. The molecule has 0 radical (unpaired) electrons. The lowest BCUT2D eigenvalue weighted by atomic mass is 9.87. The zero-order valence-corrected chi connectivity index (χ0v) is 22.3. The fourth-order valence-electron chi connectivity index (χ4n) is 5.44. The van der Waals surface area contributed by atoms with Crippen molar-refractivity contribution in [1.29, 1.82) is 0 Å². The van der Waals surface area contributed by atoms with Crippen LogP contribution >= 0.6 is 11.3 Å². The minimum Gasteiger partial charge on any atom is -0.336 e. The highest BCUT2D eigenvalue weighted by atomic mass is 32.1. The highest BCUT2D eigenvalue weighted by molar-refractivity contribution is 7.13. The average molecular weight is 553 g/mol. The molecule has 0 atom stereocenters. The number of pyridine rings is 3. The van der Waals surface area contributed by atoms with Gasteiger partial charge in [0.2, 0.25) is 5.91 Å². The van der Waals surface area contributed by atoms with E-state index in [1.807, 2.05) is 18.2 Å². The van der Waals surface area contributed by atoms with Gasteiger partial charge in [0.1, 0.15) is 16.9 Å². The second-order valence-corrected chi connectivity index (χ2v) is 11.2. The second-order valence-electron chi connectivity index (χ2n) is 10.2.